The van der Waals surface area contributed by atoms with E-state index in [1.807, 2.05) is 13.0 Å². The largest absolute Gasteiger partial charge is 0.465 e. The van der Waals surface area contributed by atoms with Gasteiger partial charge >= 0.3 is 5.97 Å². The summed E-state index contributed by atoms with van der Waals surface area (Å²) in [7, 11) is 4.51. The third kappa shape index (κ3) is 2.61. The van der Waals surface area contributed by atoms with Gasteiger partial charge in [0.25, 0.3) is 0 Å². The van der Waals surface area contributed by atoms with Gasteiger partial charge in [0.05, 0.1) is 12.0 Å². The highest BCUT2D eigenvalue weighted by molar-refractivity contribution is 7.14. The number of hydrogen-bond acceptors (Lipinski definition) is 5. The van der Waals surface area contributed by atoms with Crippen LogP contribution in [0.5, 0.6) is 0 Å². The van der Waals surface area contributed by atoms with Crippen LogP contribution in [0.4, 0.5) is 0 Å². The summed E-state index contributed by atoms with van der Waals surface area (Å²) in [6, 6.07) is 1.93. The Labute approximate surface area is 99.1 Å². The van der Waals surface area contributed by atoms with Crippen LogP contribution in [-0.2, 0) is 20.6 Å². The topological polar surface area (TPSA) is 44.8 Å². The van der Waals surface area contributed by atoms with E-state index < -0.39 is 6.29 Å². The molecule has 0 N–H and O–H groups in total. The molecule has 0 unspecified atom stereocenters. The van der Waals surface area contributed by atoms with Gasteiger partial charge in [0, 0.05) is 14.2 Å². The zero-order chi connectivity index (χ0) is 12.1. The van der Waals surface area contributed by atoms with E-state index in [1.54, 1.807) is 14.2 Å². The van der Waals surface area contributed by atoms with Crippen molar-refractivity contribution in [1.82, 2.24) is 0 Å². The zero-order valence-corrected chi connectivity index (χ0v) is 10.7. The van der Waals surface area contributed by atoms with Gasteiger partial charge in [-0.1, -0.05) is 6.92 Å². The first kappa shape index (κ1) is 13.2. The average Bonchev–Trinajstić information content (AvgIpc) is 2.73. The smallest absolute Gasteiger partial charge is 0.348 e. The van der Waals surface area contributed by atoms with E-state index in [1.165, 1.54) is 18.4 Å². The van der Waals surface area contributed by atoms with Gasteiger partial charge in [0.1, 0.15) is 4.88 Å². The molecule has 0 saturated carbocycles. The van der Waals surface area contributed by atoms with Crippen molar-refractivity contribution in [2.45, 2.75) is 19.6 Å². The second-order valence-electron chi connectivity index (χ2n) is 3.15. The second kappa shape index (κ2) is 5.98. The SMILES string of the molecule is CCc1cc(C(OC)OC)sc1C(=O)OC. The van der Waals surface area contributed by atoms with E-state index in [0.29, 0.717) is 4.88 Å². The lowest BCUT2D eigenvalue weighted by molar-refractivity contribution is -0.103. The number of carbonyl (C=O) groups is 1. The van der Waals surface area contributed by atoms with Crippen LogP contribution in [0.1, 0.15) is 33.3 Å². The highest BCUT2D eigenvalue weighted by atomic mass is 32.1. The van der Waals surface area contributed by atoms with Gasteiger partial charge in [-0.3, -0.25) is 0 Å². The normalized spacial score (nSPS) is 10.8. The number of thiophene rings is 1. The summed E-state index contributed by atoms with van der Waals surface area (Å²) in [5.74, 6) is -0.306. The van der Waals surface area contributed by atoms with E-state index in [-0.39, 0.29) is 5.97 Å². The van der Waals surface area contributed by atoms with Crippen LogP contribution < -0.4 is 0 Å². The van der Waals surface area contributed by atoms with Crippen molar-refractivity contribution >= 4 is 17.3 Å². The predicted molar refractivity (Wildman–Crippen MR) is 61.8 cm³/mol. The maximum absolute atomic E-state index is 11.5. The Morgan fingerprint density at radius 3 is 2.44 bits per heavy atom. The summed E-state index contributed by atoms with van der Waals surface area (Å²) in [5, 5.41) is 0. The van der Waals surface area contributed by atoms with E-state index in [2.05, 4.69) is 0 Å². The Morgan fingerprint density at radius 1 is 1.38 bits per heavy atom. The minimum Gasteiger partial charge on any atom is -0.465 e. The van der Waals surface area contributed by atoms with Gasteiger partial charge in [-0.25, -0.2) is 4.79 Å². The van der Waals surface area contributed by atoms with Gasteiger partial charge in [-0.15, -0.1) is 11.3 Å². The van der Waals surface area contributed by atoms with E-state index in [4.69, 9.17) is 14.2 Å². The number of methoxy groups -OCH3 is 3. The lowest BCUT2D eigenvalue weighted by atomic mass is 10.2. The molecule has 0 saturated heterocycles. The highest BCUT2D eigenvalue weighted by Crippen LogP contribution is 2.30. The fourth-order valence-electron chi connectivity index (χ4n) is 1.42. The lowest BCUT2D eigenvalue weighted by Gasteiger charge is -2.10. The second-order valence-corrected chi connectivity index (χ2v) is 4.24. The molecular formula is C11H16O4S. The zero-order valence-electron chi connectivity index (χ0n) is 9.90. The van der Waals surface area contributed by atoms with Gasteiger partial charge in [0.2, 0.25) is 0 Å². The molecule has 0 radical (unpaired) electrons. The van der Waals surface area contributed by atoms with Crippen molar-refractivity contribution < 1.29 is 19.0 Å². The molecule has 0 bridgehead atoms. The van der Waals surface area contributed by atoms with E-state index >= 15 is 0 Å². The number of rotatable bonds is 5. The maximum atomic E-state index is 11.5. The van der Waals surface area contributed by atoms with Gasteiger partial charge < -0.3 is 14.2 Å². The Balaban J connectivity index is 3.06. The molecular weight excluding hydrogens is 228 g/mol. The van der Waals surface area contributed by atoms with E-state index in [9.17, 15) is 4.79 Å². The third-order valence-electron chi connectivity index (χ3n) is 2.24. The van der Waals surface area contributed by atoms with Crippen LogP contribution in [0.15, 0.2) is 6.07 Å². The van der Waals surface area contributed by atoms with Crippen molar-refractivity contribution in [3.63, 3.8) is 0 Å². The predicted octanol–water partition coefficient (Wildman–Crippen LogP) is 2.39. The minimum absolute atomic E-state index is 0.306. The summed E-state index contributed by atoms with van der Waals surface area (Å²) >= 11 is 1.35. The summed E-state index contributed by atoms with van der Waals surface area (Å²) in [6.07, 6.45) is 0.356. The molecule has 0 aliphatic heterocycles. The van der Waals surface area contributed by atoms with Crippen LogP contribution in [0.2, 0.25) is 0 Å². The highest BCUT2D eigenvalue weighted by Gasteiger charge is 2.20. The van der Waals surface area contributed by atoms with Crippen LogP contribution in [0, 0.1) is 0 Å². The molecule has 0 aliphatic rings. The van der Waals surface area contributed by atoms with Crippen molar-refractivity contribution in [3.8, 4) is 0 Å². The van der Waals surface area contributed by atoms with Crippen molar-refractivity contribution in [2.24, 2.45) is 0 Å². The van der Waals surface area contributed by atoms with Crippen molar-refractivity contribution in [3.05, 3.63) is 21.4 Å². The molecule has 0 amide bonds. The first-order valence-corrected chi connectivity index (χ1v) is 5.76. The molecule has 4 nitrogen and oxygen atoms in total. The van der Waals surface area contributed by atoms with Gasteiger partial charge in [-0.2, -0.15) is 0 Å². The fourth-order valence-corrected chi connectivity index (χ4v) is 2.65. The number of carbonyl (C=O) groups excluding carboxylic acids is 1. The first-order chi connectivity index (χ1) is 7.67. The Hall–Kier alpha value is -0.910. The van der Waals surface area contributed by atoms with E-state index in [0.717, 1.165) is 16.9 Å². The van der Waals surface area contributed by atoms with Crippen LogP contribution in [0.25, 0.3) is 0 Å². The molecule has 0 aromatic carbocycles. The molecule has 1 rings (SSSR count). The van der Waals surface area contributed by atoms with Crippen LogP contribution in [0.3, 0.4) is 0 Å². The molecule has 0 atom stereocenters. The molecule has 1 aromatic rings. The molecule has 0 spiro atoms. The quantitative estimate of drug-likeness (QED) is 0.589. The van der Waals surface area contributed by atoms with Gasteiger partial charge in [0.15, 0.2) is 6.29 Å². The molecule has 5 heteroatoms. The summed E-state index contributed by atoms with van der Waals surface area (Å²) < 4.78 is 15.0. The molecule has 90 valence electrons. The average molecular weight is 244 g/mol. The molecule has 16 heavy (non-hydrogen) atoms. The van der Waals surface area contributed by atoms with Crippen LogP contribution in [-0.4, -0.2) is 27.3 Å². The Kier molecular flexibility index (Phi) is 4.92. The Bertz CT molecular complexity index is 355. The summed E-state index contributed by atoms with van der Waals surface area (Å²) in [4.78, 5) is 13.0. The molecule has 0 fully saturated rings. The number of hydrogen-bond donors (Lipinski definition) is 0. The lowest BCUT2D eigenvalue weighted by Crippen LogP contribution is -2.01. The maximum Gasteiger partial charge on any atom is 0.348 e. The summed E-state index contributed by atoms with van der Waals surface area (Å²) in [5.41, 5.74) is 0.964. The molecule has 1 aromatic heterocycles. The van der Waals surface area contributed by atoms with Crippen molar-refractivity contribution in [1.29, 1.82) is 0 Å². The first-order valence-electron chi connectivity index (χ1n) is 4.94. The monoisotopic (exact) mass is 244 g/mol. The molecule has 1 heterocycles. The minimum atomic E-state index is -0.422. The summed E-state index contributed by atoms with van der Waals surface area (Å²) in [6.45, 7) is 1.99. The van der Waals surface area contributed by atoms with Crippen molar-refractivity contribution in [2.75, 3.05) is 21.3 Å². The number of aryl methyl sites for hydroxylation is 1. The fraction of sp³-hybridized carbons (Fsp3) is 0.545. The van der Waals surface area contributed by atoms with Gasteiger partial charge in [-0.05, 0) is 18.1 Å². The third-order valence-corrected chi connectivity index (χ3v) is 3.42. The molecule has 0 aliphatic carbocycles. The standard InChI is InChI=1S/C11H16O4S/c1-5-7-6-8(11(14-3)15-4)16-9(7)10(12)13-2/h6,11H,5H2,1-4H3. The van der Waals surface area contributed by atoms with Crippen LogP contribution >= 0.6 is 11.3 Å². The number of ether oxygens (including phenoxy) is 3. The Morgan fingerprint density at radius 2 is 2.00 bits per heavy atom. The number of esters is 1.